The molecule has 1 aliphatic heterocycles. The molecule has 0 radical (unpaired) electrons. The number of aromatic nitrogens is 2. The third-order valence-electron chi connectivity index (χ3n) is 4.53. The summed E-state index contributed by atoms with van der Waals surface area (Å²) in [5.41, 5.74) is 2.13. The van der Waals surface area contributed by atoms with Gasteiger partial charge in [-0.25, -0.2) is 0 Å². The minimum atomic E-state index is -0.198. The van der Waals surface area contributed by atoms with Crippen LogP contribution in [-0.4, -0.2) is 39.2 Å². The number of carbonyl (C=O) groups is 2. The van der Waals surface area contributed by atoms with Gasteiger partial charge in [0.15, 0.2) is 0 Å². The first kappa shape index (κ1) is 18.4. The van der Waals surface area contributed by atoms with E-state index in [4.69, 9.17) is 4.42 Å². The number of thioether (sulfide) groups is 1. The molecule has 28 heavy (non-hydrogen) atoms. The van der Waals surface area contributed by atoms with Crippen molar-refractivity contribution in [2.45, 2.75) is 24.5 Å². The lowest BCUT2D eigenvalue weighted by molar-refractivity contribution is 0.0652. The van der Waals surface area contributed by atoms with Crippen LogP contribution in [0.4, 0.5) is 0 Å². The second-order valence-electron chi connectivity index (χ2n) is 6.49. The number of carbonyl (C=O) groups excluding carboxylic acids is 2. The highest BCUT2D eigenvalue weighted by atomic mass is 32.2. The largest absolute Gasteiger partial charge is 0.416 e. The molecule has 0 saturated heterocycles. The van der Waals surface area contributed by atoms with Gasteiger partial charge < -0.3 is 4.42 Å². The molecular formula is C21H19N3O3S. The van der Waals surface area contributed by atoms with Crippen molar-refractivity contribution in [3.8, 4) is 0 Å². The number of amides is 2. The minimum absolute atomic E-state index is 0.198. The van der Waals surface area contributed by atoms with E-state index in [0.717, 1.165) is 24.2 Å². The van der Waals surface area contributed by atoms with Gasteiger partial charge in [-0.05, 0) is 30.5 Å². The summed E-state index contributed by atoms with van der Waals surface area (Å²) in [5.74, 6) is 0.988. The molecule has 0 fully saturated rings. The van der Waals surface area contributed by atoms with E-state index in [1.54, 1.807) is 24.3 Å². The Balaban J connectivity index is 1.21. The molecule has 0 aliphatic carbocycles. The zero-order valence-electron chi connectivity index (χ0n) is 15.2. The molecule has 4 rings (SSSR count). The zero-order chi connectivity index (χ0) is 19.3. The third kappa shape index (κ3) is 3.99. The Labute approximate surface area is 167 Å². The van der Waals surface area contributed by atoms with Gasteiger partial charge in [-0.15, -0.1) is 10.2 Å². The minimum Gasteiger partial charge on any atom is -0.416 e. The standard InChI is InChI=1S/C21H19N3O3S/c25-19-16-10-4-5-11-17(16)20(26)24(19)12-6-7-13-28-21-23-22-18(27-21)14-15-8-2-1-3-9-15/h1-5,8-11H,6-7,12-14H2. The lowest BCUT2D eigenvalue weighted by Crippen LogP contribution is -2.30. The number of rotatable bonds is 8. The molecule has 2 aromatic carbocycles. The number of nitrogens with zero attached hydrogens (tertiary/aromatic N) is 3. The van der Waals surface area contributed by atoms with Crippen molar-refractivity contribution >= 4 is 23.6 Å². The first-order valence-corrected chi connectivity index (χ1v) is 10.2. The molecule has 0 spiro atoms. The maximum Gasteiger partial charge on any atom is 0.276 e. The van der Waals surface area contributed by atoms with Gasteiger partial charge in [0.1, 0.15) is 0 Å². The lowest BCUT2D eigenvalue weighted by atomic mass is 10.1. The Morgan fingerprint density at radius 1 is 0.857 bits per heavy atom. The molecule has 2 heterocycles. The first-order valence-electron chi connectivity index (χ1n) is 9.17. The molecule has 0 bridgehead atoms. The maximum atomic E-state index is 12.3. The summed E-state index contributed by atoms with van der Waals surface area (Å²) >= 11 is 1.49. The van der Waals surface area contributed by atoms with Crippen LogP contribution in [0.1, 0.15) is 45.0 Å². The lowest BCUT2D eigenvalue weighted by Gasteiger charge is -2.13. The van der Waals surface area contributed by atoms with Crippen LogP contribution in [0, 0.1) is 0 Å². The van der Waals surface area contributed by atoms with E-state index < -0.39 is 0 Å². The van der Waals surface area contributed by atoms with E-state index in [1.165, 1.54) is 16.7 Å². The van der Waals surface area contributed by atoms with Gasteiger partial charge in [0.2, 0.25) is 5.89 Å². The van der Waals surface area contributed by atoms with E-state index in [2.05, 4.69) is 10.2 Å². The summed E-state index contributed by atoms with van der Waals surface area (Å²) in [6.45, 7) is 0.427. The van der Waals surface area contributed by atoms with Gasteiger partial charge >= 0.3 is 0 Å². The van der Waals surface area contributed by atoms with Gasteiger partial charge in [-0.3, -0.25) is 14.5 Å². The number of hydrogen-bond acceptors (Lipinski definition) is 6. The Kier molecular flexibility index (Phi) is 5.53. The van der Waals surface area contributed by atoms with Gasteiger partial charge in [0.25, 0.3) is 17.0 Å². The van der Waals surface area contributed by atoms with Gasteiger partial charge in [-0.1, -0.05) is 54.2 Å². The molecule has 0 atom stereocenters. The van der Waals surface area contributed by atoms with Crippen LogP contribution >= 0.6 is 11.8 Å². The number of fused-ring (bicyclic) bond motifs is 1. The number of imide groups is 1. The second kappa shape index (κ2) is 8.39. The van der Waals surface area contributed by atoms with Crippen molar-refractivity contribution < 1.29 is 14.0 Å². The molecule has 0 unspecified atom stereocenters. The fraction of sp³-hybridized carbons (Fsp3) is 0.238. The predicted octanol–water partition coefficient (Wildman–Crippen LogP) is 3.83. The molecule has 1 aromatic heterocycles. The normalized spacial score (nSPS) is 13.2. The number of hydrogen-bond donors (Lipinski definition) is 0. The first-order chi connectivity index (χ1) is 13.7. The molecule has 2 amide bonds. The summed E-state index contributed by atoms with van der Waals surface area (Å²) < 4.78 is 5.67. The summed E-state index contributed by atoms with van der Waals surface area (Å²) in [5, 5.41) is 8.70. The van der Waals surface area contributed by atoms with Crippen LogP contribution in [-0.2, 0) is 6.42 Å². The van der Waals surface area contributed by atoms with Crippen LogP contribution in [0.15, 0.2) is 64.2 Å². The van der Waals surface area contributed by atoms with E-state index in [0.29, 0.717) is 35.2 Å². The van der Waals surface area contributed by atoms with Crippen molar-refractivity contribution in [1.29, 1.82) is 0 Å². The summed E-state index contributed by atoms with van der Waals surface area (Å²) in [6, 6.07) is 16.9. The van der Waals surface area contributed by atoms with Gasteiger partial charge in [0.05, 0.1) is 17.5 Å². The quantitative estimate of drug-likeness (QED) is 0.329. The average molecular weight is 393 g/mol. The van der Waals surface area contributed by atoms with Crippen LogP contribution in [0.3, 0.4) is 0 Å². The molecular weight excluding hydrogens is 374 g/mol. The topological polar surface area (TPSA) is 76.3 Å². The van der Waals surface area contributed by atoms with E-state index in [1.807, 2.05) is 30.3 Å². The summed E-state index contributed by atoms with van der Waals surface area (Å²) in [7, 11) is 0. The highest BCUT2D eigenvalue weighted by Gasteiger charge is 2.34. The van der Waals surface area contributed by atoms with Gasteiger partial charge in [-0.2, -0.15) is 0 Å². The third-order valence-corrected chi connectivity index (χ3v) is 5.43. The van der Waals surface area contributed by atoms with Crippen molar-refractivity contribution in [2.75, 3.05) is 12.3 Å². The highest BCUT2D eigenvalue weighted by molar-refractivity contribution is 7.99. The average Bonchev–Trinajstić information content (AvgIpc) is 3.26. The van der Waals surface area contributed by atoms with Crippen LogP contribution in [0.5, 0.6) is 0 Å². The summed E-state index contributed by atoms with van der Waals surface area (Å²) in [4.78, 5) is 26.0. The van der Waals surface area contributed by atoms with Crippen LogP contribution < -0.4 is 0 Å². The molecule has 6 nitrogen and oxygen atoms in total. The monoisotopic (exact) mass is 393 g/mol. The number of unbranched alkanes of at least 4 members (excludes halogenated alkanes) is 1. The fourth-order valence-corrected chi connectivity index (χ4v) is 3.89. The van der Waals surface area contributed by atoms with E-state index >= 15 is 0 Å². The van der Waals surface area contributed by atoms with Crippen LogP contribution in [0.25, 0.3) is 0 Å². The Morgan fingerprint density at radius 3 is 2.25 bits per heavy atom. The molecule has 142 valence electrons. The van der Waals surface area contributed by atoms with E-state index in [-0.39, 0.29) is 11.8 Å². The van der Waals surface area contributed by atoms with Crippen molar-refractivity contribution in [3.05, 3.63) is 77.2 Å². The van der Waals surface area contributed by atoms with Crippen molar-refractivity contribution in [1.82, 2.24) is 15.1 Å². The Morgan fingerprint density at radius 2 is 1.54 bits per heavy atom. The Hall–Kier alpha value is -2.93. The zero-order valence-corrected chi connectivity index (χ0v) is 16.0. The van der Waals surface area contributed by atoms with Crippen LogP contribution in [0.2, 0.25) is 0 Å². The Bertz CT molecular complexity index is 952. The SMILES string of the molecule is O=C1c2ccccc2C(=O)N1CCCCSc1nnc(Cc2ccccc2)o1. The molecule has 1 aliphatic rings. The molecule has 3 aromatic rings. The van der Waals surface area contributed by atoms with Gasteiger partial charge in [0, 0.05) is 12.3 Å². The summed E-state index contributed by atoms with van der Waals surface area (Å²) in [6.07, 6.45) is 2.20. The maximum absolute atomic E-state index is 12.3. The smallest absolute Gasteiger partial charge is 0.276 e. The number of benzene rings is 2. The highest BCUT2D eigenvalue weighted by Crippen LogP contribution is 2.23. The second-order valence-corrected chi connectivity index (χ2v) is 7.53. The fourth-order valence-electron chi connectivity index (χ4n) is 3.11. The van der Waals surface area contributed by atoms with Crippen molar-refractivity contribution in [2.24, 2.45) is 0 Å². The molecule has 0 N–H and O–H groups in total. The predicted molar refractivity (Wildman–Crippen MR) is 105 cm³/mol. The molecule has 7 heteroatoms. The van der Waals surface area contributed by atoms with Crippen molar-refractivity contribution in [3.63, 3.8) is 0 Å². The van der Waals surface area contributed by atoms with E-state index in [9.17, 15) is 9.59 Å². The molecule has 0 saturated carbocycles.